The van der Waals surface area contributed by atoms with Crippen LogP contribution in [0.2, 0.25) is 0 Å². The molecule has 1 amide bonds. The topological polar surface area (TPSA) is 102 Å². The van der Waals surface area contributed by atoms with Crippen LogP contribution in [0.25, 0.3) is 5.69 Å². The van der Waals surface area contributed by atoms with Crippen molar-refractivity contribution < 1.29 is 22.7 Å². The minimum absolute atomic E-state index is 0.0354. The zero-order valence-electron chi connectivity index (χ0n) is 24.9. The summed E-state index contributed by atoms with van der Waals surface area (Å²) in [6.45, 7) is 9.48. The summed E-state index contributed by atoms with van der Waals surface area (Å²) >= 11 is 0. The Morgan fingerprint density at radius 3 is 2.21 bits per heavy atom. The molecule has 0 spiro atoms. The quantitative estimate of drug-likeness (QED) is 0.198. The van der Waals surface area contributed by atoms with E-state index < -0.39 is 22.5 Å². The molecular formula is C32H36N4O5S. The zero-order valence-corrected chi connectivity index (χ0v) is 25.7. The number of hydrogen-bond donors (Lipinski definition) is 1. The van der Waals surface area contributed by atoms with Crippen molar-refractivity contribution in [2.75, 3.05) is 25.1 Å². The third-order valence-electron chi connectivity index (χ3n) is 7.08. The summed E-state index contributed by atoms with van der Waals surface area (Å²) < 4.78 is 41.6. The molecule has 220 valence electrons. The molecule has 0 bridgehead atoms. The monoisotopic (exact) mass is 588 g/mol. The van der Waals surface area contributed by atoms with Gasteiger partial charge in [0.05, 0.1) is 36.7 Å². The van der Waals surface area contributed by atoms with E-state index in [1.165, 1.54) is 32.4 Å². The molecule has 0 saturated heterocycles. The molecule has 9 nitrogen and oxygen atoms in total. The van der Waals surface area contributed by atoms with Gasteiger partial charge in [-0.05, 0) is 76.1 Å². The molecule has 3 aromatic carbocycles. The number of benzene rings is 3. The first-order valence-electron chi connectivity index (χ1n) is 13.4. The molecule has 4 rings (SSSR count). The predicted molar refractivity (Wildman–Crippen MR) is 166 cm³/mol. The number of nitrogens with zero attached hydrogens (tertiary/aromatic N) is 3. The molecule has 1 heterocycles. The van der Waals surface area contributed by atoms with E-state index in [1.807, 2.05) is 32.9 Å². The molecule has 0 aliphatic rings. The van der Waals surface area contributed by atoms with Crippen molar-refractivity contribution in [2.24, 2.45) is 5.10 Å². The number of carbonyl (C=O) groups is 1. The largest absolute Gasteiger partial charge is 0.497 e. The Morgan fingerprint density at radius 1 is 0.929 bits per heavy atom. The summed E-state index contributed by atoms with van der Waals surface area (Å²) in [5.74, 6) is 0.0460. The minimum Gasteiger partial charge on any atom is -0.497 e. The second-order valence-electron chi connectivity index (χ2n) is 10.1. The lowest BCUT2D eigenvalue weighted by atomic mass is 10.1. The van der Waals surface area contributed by atoms with Crippen molar-refractivity contribution in [3.8, 4) is 17.2 Å². The lowest BCUT2D eigenvalue weighted by molar-refractivity contribution is -0.119. The fourth-order valence-electron chi connectivity index (χ4n) is 4.89. The Labute approximate surface area is 247 Å². The van der Waals surface area contributed by atoms with E-state index in [-0.39, 0.29) is 16.3 Å². The van der Waals surface area contributed by atoms with Crippen LogP contribution >= 0.6 is 0 Å². The number of carbonyl (C=O) groups excluding carboxylic acids is 1. The summed E-state index contributed by atoms with van der Waals surface area (Å²) in [6.07, 6.45) is 1.56. The second-order valence-corrected chi connectivity index (χ2v) is 11.9. The van der Waals surface area contributed by atoms with Crippen LogP contribution in [0.1, 0.15) is 33.6 Å². The minimum atomic E-state index is -4.17. The van der Waals surface area contributed by atoms with E-state index in [9.17, 15) is 13.2 Å². The van der Waals surface area contributed by atoms with E-state index in [0.717, 1.165) is 43.6 Å². The van der Waals surface area contributed by atoms with Gasteiger partial charge in [0.15, 0.2) is 0 Å². The average molecular weight is 589 g/mol. The lowest BCUT2D eigenvalue weighted by Gasteiger charge is -2.25. The number of methoxy groups -OCH3 is 2. The van der Waals surface area contributed by atoms with Gasteiger partial charge in [0.1, 0.15) is 18.0 Å². The van der Waals surface area contributed by atoms with Crippen LogP contribution in [0.3, 0.4) is 0 Å². The van der Waals surface area contributed by atoms with Crippen LogP contribution in [-0.4, -0.2) is 45.9 Å². The first kappa shape index (κ1) is 30.4. The van der Waals surface area contributed by atoms with Crippen LogP contribution in [0.15, 0.2) is 76.7 Å². The Kier molecular flexibility index (Phi) is 9.06. The standard InChI is InChI=1S/C32H36N4O5S/c1-21-11-14-28(15-12-21)42(38,39)35(29-18-27(40-6)13-16-30(29)41-7)20-31(37)34-33-19-26-17-24(4)36(25(26)5)32-22(2)9-8-10-23(32)3/h8-19H,20H2,1-7H3,(H,34,37)/b33-19-. The van der Waals surface area contributed by atoms with Crippen molar-refractivity contribution >= 4 is 27.8 Å². The third kappa shape index (κ3) is 6.18. The van der Waals surface area contributed by atoms with Gasteiger partial charge in [-0.3, -0.25) is 9.10 Å². The van der Waals surface area contributed by atoms with Gasteiger partial charge in [0, 0.05) is 23.0 Å². The van der Waals surface area contributed by atoms with Crippen molar-refractivity contribution in [1.82, 2.24) is 9.99 Å². The number of hydrogen-bond acceptors (Lipinski definition) is 6. The first-order chi connectivity index (χ1) is 20.0. The van der Waals surface area contributed by atoms with Crippen molar-refractivity contribution in [3.05, 3.63) is 100 Å². The van der Waals surface area contributed by atoms with E-state index in [2.05, 4.69) is 41.1 Å². The normalized spacial score (nSPS) is 11.5. The molecule has 0 fully saturated rings. The molecule has 0 unspecified atom stereocenters. The molecule has 0 aliphatic carbocycles. The van der Waals surface area contributed by atoms with Gasteiger partial charge in [-0.25, -0.2) is 13.8 Å². The number of anilines is 1. The van der Waals surface area contributed by atoms with E-state index in [0.29, 0.717) is 5.75 Å². The van der Waals surface area contributed by atoms with Gasteiger partial charge in [-0.1, -0.05) is 35.9 Å². The number of aryl methyl sites for hydroxylation is 4. The molecule has 4 aromatic rings. The number of nitrogens with one attached hydrogen (secondary N) is 1. The number of para-hydroxylation sites is 1. The SMILES string of the molecule is COc1ccc(OC)c(N(CC(=O)N/N=C\c2cc(C)n(-c3c(C)cccc3C)c2C)S(=O)(=O)c2ccc(C)cc2)c1. The van der Waals surface area contributed by atoms with Crippen LogP contribution in [0.5, 0.6) is 11.5 Å². The number of hydrazone groups is 1. The van der Waals surface area contributed by atoms with E-state index in [1.54, 1.807) is 30.5 Å². The van der Waals surface area contributed by atoms with E-state index in [4.69, 9.17) is 9.47 Å². The molecule has 10 heteroatoms. The van der Waals surface area contributed by atoms with Gasteiger partial charge in [-0.2, -0.15) is 5.10 Å². The number of aromatic nitrogens is 1. The van der Waals surface area contributed by atoms with Gasteiger partial charge < -0.3 is 14.0 Å². The third-order valence-corrected chi connectivity index (χ3v) is 8.85. The maximum Gasteiger partial charge on any atom is 0.264 e. The summed E-state index contributed by atoms with van der Waals surface area (Å²) in [5.41, 5.74) is 9.79. The highest BCUT2D eigenvalue weighted by Crippen LogP contribution is 2.35. The van der Waals surface area contributed by atoms with Gasteiger partial charge in [0.2, 0.25) is 0 Å². The summed E-state index contributed by atoms with van der Waals surface area (Å²) in [6, 6.07) is 19.3. The molecule has 42 heavy (non-hydrogen) atoms. The van der Waals surface area contributed by atoms with Crippen LogP contribution in [-0.2, 0) is 14.8 Å². The molecule has 0 aliphatic heterocycles. The Bertz CT molecular complexity index is 1720. The highest BCUT2D eigenvalue weighted by molar-refractivity contribution is 7.92. The maximum absolute atomic E-state index is 13.8. The number of sulfonamides is 1. The first-order valence-corrected chi connectivity index (χ1v) is 14.8. The van der Waals surface area contributed by atoms with E-state index >= 15 is 0 Å². The van der Waals surface area contributed by atoms with Crippen LogP contribution in [0, 0.1) is 34.6 Å². The molecule has 0 saturated carbocycles. The van der Waals surface area contributed by atoms with Crippen molar-refractivity contribution in [1.29, 1.82) is 0 Å². The van der Waals surface area contributed by atoms with Crippen molar-refractivity contribution in [2.45, 2.75) is 39.5 Å². The molecule has 1 N–H and O–H groups in total. The average Bonchev–Trinajstić information content (AvgIpc) is 3.23. The number of ether oxygens (including phenoxy) is 2. The molecular weight excluding hydrogens is 552 g/mol. The molecule has 0 atom stereocenters. The Balaban J connectivity index is 1.64. The smallest absolute Gasteiger partial charge is 0.264 e. The fourth-order valence-corrected chi connectivity index (χ4v) is 6.31. The van der Waals surface area contributed by atoms with Gasteiger partial charge >= 0.3 is 0 Å². The second kappa shape index (κ2) is 12.5. The number of rotatable bonds is 10. The predicted octanol–water partition coefficient (Wildman–Crippen LogP) is 5.38. The van der Waals surface area contributed by atoms with Gasteiger partial charge in [0.25, 0.3) is 15.9 Å². The fraction of sp³-hybridized carbons (Fsp3) is 0.250. The zero-order chi connectivity index (χ0) is 30.6. The lowest BCUT2D eigenvalue weighted by Crippen LogP contribution is -2.39. The van der Waals surface area contributed by atoms with Crippen molar-refractivity contribution in [3.63, 3.8) is 0 Å². The van der Waals surface area contributed by atoms with Crippen LogP contribution < -0.4 is 19.2 Å². The highest BCUT2D eigenvalue weighted by Gasteiger charge is 2.30. The summed E-state index contributed by atoms with van der Waals surface area (Å²) in [4.78, 5) is 13.2. The maximum atomic E-state index is 13.8. The summed E-state index contributed by atoms with van der Waals surface area (Å²) in [7, 11) is -1.26. The Morgan fingerprint density at radius 2 is 1.60 bits per heavy atom. The van der Waals surface area contributed by atoms with Gasteiger partial charge in [-0.15, -0.1) is 0 Å². The summed E-state index contributed by atoms with van der Waals surface area (Å²) in [5, 5.41) is 4.17. The molecule has 1 aromatic heterocycles. The Hall–Kier alpha value is -4.57. The number of amides is 1. The van der Waals surface area contributed by atoms with Crippen LogP contribution in [0.4, 0.5) is 5.69 Å². The highest BCUT2D eigenvalue weighted by atomic mass is 32.2. The molecule has 0 radical (unpaired) electrons.